The van der Waals surface area contributed by atoms with Crippen LogP contribution in [0.3, 0.4) is 0 Å². The molecule has 0 fully saturated rings. The van der Waals surface area contributed by atoms with E-state index >= 15 is 0 Å². The lowest BCUT2D eigenvalue weighted by molar-refractivity contribution is -0.132. The van der Waals surface area contributed by atoms with Crippen molar-refractivity contribution in [2.45, 2.75) is 0 Å². The summed E-state index contributed by atoms with van der Waals surface area (Å²) >= 11 is 3.31. The van der Waals surface area contributed by atoms with Crippen LogP contribution in [0.25, 0.3) is 0 Å². The third-order valence-electron chi connectivity index (χ3n) is 3.81. The Bertz CT molecular complexity index is 963. The number of carboxylic acids is 1. The van der Waals surface area contributed by atoms with E-state index in [4.69, 9.17) is 5.41 Å². The van der Waals surface area contributed by atoms with Gasteiger partial charge in [-0.3, -0.25) is 15.1 Å². The highest BCUT2D eigenvalue weighted by molar-refractivity contribution is 9.10. The van der Waals surface area contributed by atoms with Crippen molar-refractivity contribution in [3.05, 3.63) is 87.7 Å². The van der Waals surface area contributed by atoms with E-state index in [1.165, 1.54) is 4.90 Å². The first-order valence-corrected chi connectivity index (χ1v) is 8.32. The first kappa shape index (κ1) is 17.6. The average Bonchev–Trinajstić information content (AvgIpc) is 2.87. The number of aliphatic hydroxyl groups excluding tert-OH is 1. The average molecular weight is 413 g/mol. The van der Waals surface area contributed by atoms with Crippen LogP contribution < -0.4 is 4.90 Å². The van der Waals surface area contributed by atoms with Gasteiger partial charge in [0.1, 0.15) is 11.4 Å². The third kappa shape index (κ3) is 3.16. The number of carbonyl (C=O) groups is 2. The predicted molar refractivity (Wildman–Crippen MR) is 100 cm³/mol. The first-order chi connectivity index (χ1) is 12.4. The lowest BCUT2D eigenvalue weighted by Gasteiger charge is -2.20. The molecule has 130 valence electrons. The van der Waals surface area contributed by atoms with Gasteiger partial charge in [-0.25, -0.2) is 4.79 Å². The molecular formula is C19H13BrN2O4. The number of aliphatic hydroxyl groups is 1. The fourth-order valence-electron chi connectivity index (χ4n) is 2.58. The summed E-state index contributed by atoms with van der Waals surface area (Å²) in [6.07, 6.45) is 1.14. The standard InChI is InChI=1S/C19H13BrN2O4/c20-12-6-8-13(9-7-12)22-14(17(24)16(18(22)21)19(25)26)10-15(23)11-4-2-1-3-5-11/h1-10,21,24H,(H,25,26)/b14-10+,21-18?. The number of nitrogens with one attached hydrogen (secondary N) is 1. The lowest BCUT2D eigenvalue weighted by Crippen LogP contribution is -2.27. The van der Waals surface area contributed by atoms with E-state index in [2.05, 4.69) is 15.9 Å². The Morgan fingerprint density at radius 3 is 2.23 bits per heavy atom. The zero-order chi connectivity index (χ0) is 18.8. The molecule has 0 atom stereocenters. The van der Waals surface area contributed by atoms with Gasteiger partial charge in [-0.1, -0.05) is 46.3 Å². The minimum absolute atomic E-state index is 0.0522. The SMILES string of the molecule is N=C1C(C(=O)O)=C(O)/C(=C\C(=O)c2ccccc2)N1c1ccc(Br)cc1. The molecule has 0 aliphatic carbocycles. The summed E-state index contributed by atoms with van der Waals surface area (Å²) in [6.45, 7) is 0. The van der Waals surface area contributed by atoms with Crippen molar-refractivity contribution in [2.24, 2.45) is 0 Å². The van der Waals surface area contributed by atoms with Crippen LogP contribution in [0, 0.1) is 5.41 Å². The molecule has 1 heterocycles. The number of benzene rings is 2. The smallest absolute Gasteiger partial charge is 0.343 e. The number of carboxylic acid groups (broad SMARTS) is 1. The van der Waals surface area contributed by atoms with E-state index in [0.29, 0.717) is 11.3 Å². The van der Waals surface area contributed by atoms with Crippen molar-refractivity contribution in [1.82, 2.24) is 0 Å². The fourth-order valence-corrected chi connectivity index (χ4v) is 2.85. The zero-order valence-electron chi connectivity index (χ0n) is 13.3. The van der Waals surface area contributed by atoms with Crippen LogP contribution in [0.15, 0.2) is 82.2 Å². The summed E-state index contributed by atoms with van der Waals surface area (Å²) in [7, 11) is 0. The molecule has 3 rings (SSSR count). The van der Waals surface area contributed by atoms with Crippen molar-refractivity contribution in [1.29, 1.82) is 5.41 Å². The van der Waals surface area contributed by atoms with Crippen LogP contribution in [0.1, 0.15) is 10.4 Å². The minimum atomic E-state index is -1.44. The predicted octanol–water partition coefficient (Wildman–Crippen LogP) is 3.91. The Labute approximate surface area is 157 Å². The van der Waals surface area contributed by atoms with Gasteiger partial charge in [-0.2, -0.15) is 0 Å². The molecular weight excluding hydrogens is 400 g/mol. The lowest BCUT2D eigenvalue weighted by atomic mass is 10.1. The molecule has 0 saturated carbocycles. The van der Waals surface area contributed by atoms with Crippen molar-refractivity contribution >= 4 is 39.2 Å². The molecule has 0 bridgehead atoms. The van der Waals surface area contributed by atoms with Crippen molar-refractivity contribution < 1.29 is 19.8 Å². The summed E-state index contributed by atoms with van der Waals surface area (Å²) in [5.74, 6) is -2.88. The van der Waals surface area contributed by atoms with Gasteiger partial charge in [0.25, 0.3) is 0 Å². The molecule has 0 unspecified atom stereocenters. The second-order valence-corrected chi connectivity index (χ2v) is 6.36. The Morgan fingerprint density at radius 2 is 1.65 bits per heavy atom. The number of aliphatic carboxylic acids is 1. The molecule has 0 radical (unpaired) electrons. The van der Waals surface area contributed by atoms with E-state index in [1.807, 2.05) is 0 Å². The Hall–Kier alpha value is -3.19. The number of rotatable bonds is 4. The van der Waals surface area contributed by atoms with E-state index < -0.39 is 28.9 Å². The first-order valence-electron chi connectivity index (χ1n) is 7.52. The van der Waals surface area contributed by atoms with Crippen molar-refractivity contribution in [2.75, 3.05) is 4.90 Å². The molecule has 0 aromatic heterocycles. The minimum Gasteiger partial charge on any atom is -0.505 e. The van der Waals surface area contributed by atoms with Crippen LogP contribution in [-0.4, -0.2) is 27.8 Å². The highest BCUT2D eigenvalue weighted by Gasteiger charge is 2.37. The number of nitrogens with zero attached hydrogens (tertiary/aromatic N) is 1. The van der Waals surface area contributed by atoms with E-state index in [9.17, 15) is 19.8 Å². The van der Waals surface area contributed by atoms with Gasteiger partial charge in [0, 0.05) is 21.8 Å². The molecule has 7 heteroatoms. The quantitative estimate of drug-likeness (QED) is 0.521. The second kappa shape index (κ2) is 6.97. The number of halogens is 1. The van der Waals surface area contributed by atoms with E-state index in [-0.39, 0.29) is 5.70 Å². The highest BCUT2D eigenvalue weighted by Crippen LogP contribution is 2.34. The van der Waals surface area contributed by atoms with E-state index in [1.54, 1.807) is 54.6 Å². The second-order valence-electron chi connectivity index (χ2n) is 5.45. The molecule has 0 amide bonds. The molecule has 1 aliphatic heterocycles. The molecule has 26 heavy (non-hydrogen) atoms. The normalized spacial score (nSPS) is 15.7. The number of hydrogen-bond acceptors (Lipinski definition) is 4. The number of hydrogen-bond donors (Lipinski definition) is 3. The van der Waals surface area contributed by atoms with Crippen LogP contribution >= 0.6 is 15.9 Å². The Morgan fingerprint density at radius 1 is 1.04 bits per heavy atom. The highest BCUT2D eigenvalue weighted by atomic mass is 79.9. The molecule has 2 aromatic carbocycles. The number of allylic oxidation sites excluding steroid dienone is 1. The van der Waals surface area contributed by atoms with Crippen LogP contribution in [0.4, 0.5) is 5.69 Å². The van der Waals surface area contributed by atoms with Crippen LogP contribution in [-0.2, 0) is 4.79 Å². The molecule has 1 aliphatic rings. The summed E-state index contributed by atoms with van der Waals surface area (Å²) in [6, 6.07) is 15.1. The van der Waals surface area contributed by atoms with Gasteiger partial charge in [0.05, 0.1) is 5.70 Å². The maximum absolute atomic E-state index is 12.5. The van der Waals surface area contributed by atoms with Gasteiger partial charge in [0.2, 0.25) is 0 Å². The monoisotopic (exact) mass is 412 g/mol. The van der Waals surface area contributed by atoms with Crippen LogP contribution in [0.5, 0.6) is 0 Å². The largest absolute Gasteiger partial charge is 0.505 e. The maximum Gasteiger partial charge on any atom is 0.343 e. The number of ketones is 1. The molecule has 6 nitrogen and oxygen atoms in total. The summed E-state index contributed by atoms with van der Waals surface area (Å²) in [4.78, 5) is 25.2. The molecule has 3 N–H and O–H groups in total. The topological polar surface area (TPSA) is 102 Å². The summed E-state index contributed by atoms with van der Waals surface area (Å²) in [5, 5.41) is 27.8. The van der Waals surface area contributed by atoms with Gasteiger partial charge < -0.3 is 10.2 Å². The van der Waals surface area contributed by atoms with Gasteiger partial charge >= 0.3 is 5.97 Å². The van der Waals surface area contributed by atoms with Gasteiger partial charge in [-0.15, -0.1) is 0 Å². The van der Waals surface area contributed by atoms with Gasteiger partial charge in [-0.05, 0) is 24.3 Å². The molecule has 0 saturated heterocycles. The van der Waals surface area contributed by atoms with Crippen molar-refractivity contribution in [3.8, 4) is 0 Å². The van der Waals surface area contributed by atoms with E-state index in [0.717, 1.165) is 10.5 Å². The third-order valence-corrected chi connectivity index (χ3v) is 4.33. The number of anilines is 1. The van der Waals surface area contributed by atoms with Crippen molar-refractivity contribution in [3.63, 3.8) is 0 Å². The molecule has 0 spiro atoms. The van der Waals surface area contributed by atoms with Crippen LogP contribution in [0.2, 0.25) is 0 Å². The zero-order valence-corrected chi connectivity index (χ0v) is 14.9. The molecule has 2 aromatic rings. The fraction of sp³-hybridized carbons (Fsp3) is 0. The summed E-state index contributed by atoms with van der Waals surface area (Å²) in [5.41, 5.74) is 0.232. The Kier molecular flexibility index (Phi) is 4.73. The Balaban J connectivity index is 2.12. The number of carbonyl (C=O) groups excluding carboxylic acids is 1. The maximum atomic E-state index is 12.5. The summed E-state index contributed by atoms with van der Waals surface area (Å²) < 4.78 is 0.800. The number of amidine groups is 1. The van der Waals surface area contributed by atoms with Gasteiger partial charge in [0.15, 0.2) is 11.5 Å².